The van der Waals surface area contributed by atoms with Crippen molar-refractivity contribution >= 4 is 12.1 Å². The maximum absolute atomic E-state index is 12.1. The summed E-state index contributed by atoms with van der Waals surface area (Å²) in [6, 6.07) is 0.0124. The van der Waals surface area contributed by atoms with Gasteiger partial charge in [-0.15, -0.1) is 0 Å². The zero-order valence-electron chi connectivity index (χ0n) is 11.8. The molecule has 0 aromatic carbocycles. The number of fused-ring (bicyclic) bond motifs is 1. The highest BCUT2D eigenvalue weighted by Gasteiger charge is 2.48. The van der Waals surface area contributed by atoms with Crippen LogP contribution in [0.3, 0.4) is 0 Å². The molecule has 1 aliphatic heterocycles. The predicted octanol–water partition coefficient (Wildman–Crippen LogP) is 2.81. The van der Waals surface area contributed by atoms with Crippen molar-refractivity contribution in [2.45, 2.75) is 51.0 Å². The first kappa shape index (κ1) is 14.9. The molecule has 0 radical (unpaired) electrons. The highest BCUT2D eigenvalue weighted by molar-refractivity contribution is 5.70. The minimum Gasteiger partial charge on any atom is -0.481 e. The molecule has 1 amide bonds. The molecule has 5 nitrogen and oxygen atoms in total. The monoisotopic (exact) mass is 281 g/mol. The maximum Gasteiger partial charge on any atom is 0.410 e. The summed E-state index contributed by atoms with van der Waals surface area (Å²) >= 11 is 0. The molecule has 2 aliphatic rings. The van der Waals surface area contributed by atoms with Gasteiger partial charge in [-0.3, -0.25) is 4.79 Å². The molecule has 20 heavy (non-hydrogen) atoms. The maximum atomic E-state index is 12.1. The van der Waals surface area contributed by atoms with E-state index in [0.717, 1.165) is 38.5 Å². The van der Waals surface area contributed by atoms with Gasteiger partial charge in [0.25, 0.3) is 0 Å². The minimum absolute atomic E-state index is 0.0124. The molecule has 1 saturated heterocycles. The van der Waals surface area contributed by atoms with Crippen molar-refractivity contribution in [3.05, 3.63) is 12.7 Å². The quantitative estimate of drug-likeness (QED) is 0.805. The number of carbonyl (C=O) groups excluding carboxylic acids is 1. The summed E-state index contributed by atoms with van der Waals surface area (Å²) in [5.74, 6) is -0.766. The Labute approximate surface area is 119 Å². The molecule has 0 aromatic heterocycles. The van der Waals surface area contributed by atoms with Gasteiger partial charge in [0, 0.05) is 18.0 Å². The van der Waals surface area contributed by atoms with Gasteiger partial charge in [0.05, 0.1) is 6.42 Å². The topological polar surface area (TPSA) is 66.8 Å². The highest BCUT2D eigenvalue weighted by atomic mass is 16.6. The Balaban J connectivity index is 2.16. The summed E-state index contributed by atoms with van der Waals surface area (Å²) in [5.41, 5.74) is -0.254. The molecule has 112 valence electrons. The van der Waals surface area contributed by atoms with Crippen molar-refractivity contribution in [3.63, 3.8) is 0 Å². The molecule has 0 aromatic rings. The van der Waals surface area contributed by atoms with Crippen molar-refractivity contribution in [2.24, 2.45) is 5.41 Å². The summed E-state index contributed by atoms with van der Waals surface area (Å²) in [7, 11) is 0. The number of piperidine rings is 1. The Morgan fingerprint density at radius 3 is 2.80 bits per heavy atom. The lowest BCUT2D eigenvalue weighted by atomic mass is 9.63. The number of hydrogen-bond donors (Lipinski definition) is 1. The Kier molecular flexibility index (Phi) is 4.68. The third-order valence-corrected chi connectivity index (χ3v) is 4.62. The lowest BCUT2D eigenvalue weighted by molar-refractivity contribution is -0.143. The Bertz CT molecular complexity index is 391. The average molecular weight is 281 g/mol. The second-order valence-electron chi connectivity index (χ2n) is 5.86. The minimum atomic E-state index is -0.766. The van der Waals surface area contributed by atoms with Gasteiger partial charge in [-0.1, -0.05) is 25.5 Å². The van der Waals surface area contributed by atoms with Crippen molar-refractivity contribution in [3.8, 4) is 0 Å². The molecule has 2 atom stereocenters. The standard InChI is InChI=1S/C15H23NO4/c1-2-10-20-14(19)16-9-5-8-15(11-13(17)18)7-4-3-6-12(15)16/h2,12H,1,3-11H2,(H,17,18)/t12-,15-/m1/s1. The van der Waals surface area contributed by atoms with Crippen LogP contribution in [-0.2, 0) is 9.53 Å². The Morgan fingerprint density at radius 1 is 1.35 bits per heavy atom. The van der Waals surface area contributed by atoms with E-state index in [9.17, 15) is 14.7 Å². The largest absolute Gasteiger partial charge is 0.481 e. The molecule has 0 unspecified atom stereocenters. The molecule has 0 spiro atoms. The van der Waals surface area contributed by atoms with Crippen LogP contribution in [0.15, 0.2) is 12.7 Å². The summed E-state index contributed by atoms with van der Waals surface area (Å²) in [4.78, 5) is 25.1. The van der Waals surface area contributed by atoms with Crippen molar-refractivity contribution in [1.82, 2.24) is 4.90 Å². The van der Waals surface area contributed by atoms with Gasteiger partial charge in [0.2, 0.25) is 0 Å². The number of carboxylic acids is 1. The summed E-state index contributed by atoms with van der Waals surface area (Å²) in [6.07, 6.45) is 7.02. The van der Waals surface area contributed by atoms with Crippen LogP contribution in [-0.4, -0.2) is 41.3 Å². The van der Waals surface area contributed by atoms with Crippen LogP contribution in [0, 0.1) is 5.41 Å². The van der Waals surface area contributed by atoms with Crippen LogP contribution < -0.4 is 0 Å². The fourth-order valence-corrected chi connectivity index (χ4v) is 3.85. The van der Waals surface area contributed by atoms with E-state index >= 15 is 0 Å². The number of carboxylic acid groups (broad SMARTS) is 1. The van der Waals surface area contributed by atoms with E-state index in [4.69, 9.17) is 4.74 Å². The molecule has 1 N–H and O–H groups in total. The second kappa shape index (κ2) is 6.29. The number of hydrogen-bond acceptors (Lipinski definition) is 3. The summed E-state index contributed by atoms with van der Waals surface area (Å²) < 4.78 is 5.15. The molecule has 0 bridgehead atoms. The van der Waals surface area contributed by atoms with Crippen molar-refractivity contribution in [1.29, 1.82) is 0 Å². The number of likely N-dealkylation sites (tertiary alicyclic amines) is 1. The van der Waals surface area contributed by atoms with Gasteiger partial charge < -0.3 is 14.7 Å². The molecular formula is C15H23NO4. The SMILES string of the molecule is C=CCOC(=O)N1CCC[C@@]2(CC(=O)O)CCCC[C@@H]12. The Hall–Kier alpha value is -1.52. The number of rotatable bonds is 4. The summed E-state index contributed by atoms with van der Waals surface area (Å²) in [5, 5.41) is 9.22. The van der Waals surface area contributed by atoms with Gasteiger partial charge >= 0.3 is 12.1 Å². The molecule has 1 saturated carbocycles. The number of amides is 1. The molecular weight excluding hydrogens is 258 g/mol. The lowest BCUT2D eigenvalue weighted by Gasteiger charge is -2.51. The number of nitrogens with zero attached hydrogens (tertiary/aromatic N) is 1. The second-order valence-corrected chi connectivity index (χ2v) is 5.86. The van der Waals surface area contributed by atoms with Crippen LogP contribution in [0.4, 0.5) is 4.79 Å². The lowest BCUT2D eigenvalue weighted by Crippen LogP contribution is -2.56. The summed E-state index contributed by atoms with van der Waals surface area (Å²) in [6.45, 7) is 4.41. The van der Waals surface area contributed by atoms with Gasteiger partial charge in [0.15, 0.2) is 0 Å². The molecule has 2 fully saturated rings. The van der Waals surface area contributed by atoms with Crippen LogP contribution in [0.5, 0.6) is 0 Å². The van der Waals surface area contributed by atoms with E-state index in [1.54, 1.807) is 11.0 Å². The van der Waals surface area contributed by atoms with E-state index in [2.05, 4.69) is 6.58 Å². The predicted molar refractivity (Wildman–Crippen MR) is 74.4 cm³/mol. The van der Waals surface area contributed by atoms with Gasteiger partial charge in [-0.2, -0.15) is 0 Å². The number of ether oxygens (including phenoxy) is 1. The third-order valence-electron chi connectivity index (χ3n) is 4.62. The van der Waals surface area contributed by atoms with Crippen LogP contribution in [0.25, 0.3) is 0 Å². The fourth-order valence-electron chi connectivity index (χ4n) is 3.85. The van der Waals surface area contributed by atoms with E-state index in [1.165, 1.54) is 0 Å². The van der Waals surface area contributed by atoms with Crippen LogP contribution in [0.1, 0.15) is 44.9 Å². The first-order valence-electron chi connectivity index (χ1n) is 7.35. The molecule has 5 heteroatoms. The van der Waals surface area contributed by atoms with Crippen LogP contribution in [0.2, 0.25) is 0 Å². The smallest absolute Gasteiger partial charge is 0.410 e. The number of aliphatic carboxylic acids is 1. The van der Waals surface area contributed by atoms with E-state index in [0.29, 0.717) is 6.54 Å². The van der Waals surface area contributed by atoms with E-state index in [1.807, 2.05) is 0 Å². The van der Waals surface area contributed by atoms with Gasteiger partial charge in [-0.05, 0) is 25.7 Å². The molecule has 2 rings (SSSR count). The zero-order valence-corrected chi connectivity index (χ0v) is 11.8. The first-order chi connectivity index (χ1) is 9.59. The molecule has 1 aliphatic carbocycles. The van der Waals surface area contributed by atoms with Gasteiger partial charge in [-0.25, -0.2) is 4.79 Å². The molecule has 1 heterocycles. The van der Waals surface area contributed by atoms with Crippen molar-refractivity contribution < 1.29 is 19.4 Å². The third kappa shape index (κ3) is 2.97. The normalized spacial score (nSPS) is 29.4. The first-order valence-corrected chi connectivity index (χ1v) is 7.35. The van der Waals surface area contributed by atoms with Crippen LogP contribution >= 0.6 is 0 Å². The van der Waals surface area contributed by atoms with Crippen molar-refractivity contribution in [2.75, 3.05) is 13.2 Å². The van der Waals surface area contributed by atoms with E-state index < -0.39 is 5.97 Å². The fraction of sp³-hybridized carbons (Fsp3) is 0.733. The highest BCUT2D eigenvalue weighted by Crippen LogP contribution is 2.48. The van der Waals surface area contributed by atoms with E-state index in [-0.39, 0.29) is 30.6 Å². The number of carbonyl (C=O) groups is 2. The zero-order chi connectivity index (χ0) is 14.6. The average Bonchev–Trinajstić information content (AvgIpc) is 2.42. The van der Waals surface area contributed by atoms with Gasteiger partial charge in [0.1, 0.15) is 6.61 Å². The Morgan fingerprint density at radius 2 is 2.10 bits per heavy atom.